The first-order valence-electron chi connectivity index (χ1n) is 5.54. The maximum atomic E-state index is 11.6. The number of nitrogens with two attached hydrogens (primary N) is 1. The molecule has 0 aliphatic carbocycles. The Kier molecular flexibility index (Phi) is 5.01. The van der Waals surface area contributed by atoms with Crippen LogP contribution in [0.3, 0.4) is 0 Å². The first kappa shape index (κ1) is 14.7. The van der Waals surface area contributed by atoms with Gasteiger partial charge < -0.3 is 21.5 Å². The minimum absolute atomic E-state index is 0.231. The quantitative estimate of drug-likeness (QED) is 0.613. The summed E-state index contributed by atoms with van der Waals surface area (Å²) in [6, 6.07) is 5.34. The number of aliphatic carboxylic acids is 1. The van der Waals surface area contributed by atoms with Crippen LogP contribution in [0.15, 0.2) is 24.3 Å². The zero-order chi connectivity index (χ0) is 14.4. The number of anilines is 2. The summed E-state index contributed by atoms with van der Waals surface area (Å²) in [6.45, 7) is 1.37. The van der Waals surface area contributed by atoms with Gasteiger partial charge in [-0.1, -0.05) is 6.07 Å². The van der Waals surface area contributed by atoms with Gasteiger partial charge in [0.15, 0.2) is 0 Å². The zero-order valence-electron chi connectivity index (χ0n) is 10.3. The van der Waals surface area contributed by atoms with Crippen molar-refractivity contribution in [3.05, 3.63) is 24.3 Å². The van der Waals surface area contributed by atoms with Crippen LogP contribution in [0.5, 0.6) is 0 Å². The topological polar surface area (TPSA) is 122 Å². The molecular formula is C12H15N3O4. The third kappa shape index (κ3) is 5.17. The van der Waals surface area contributed by atoms with Crippen LogP contribution < -0.4 is 16.4 Å². The molecule has 1 aromatic rings. The second-order valence-corrected chi connectivity index (χ2v) is 3.96. The molecule has 0 aromatic heterocycles. The van der Waals surface area contributed by atoms with E-state index in [4.69, 9.17) is 10.8 Å². The van der Waals surface area contributed by atoms with Crippen LogP contribution in [0.25, 0.3) is 0 Å². The van der Waals surface area contributed by atoms with E-state index in [-0.39, 0.29) is 5.91 Å². The lowest BCUT2D eigenvalue weighted by Crippen LogP contribution is -2.37. The molecule has 0 fully saturated rings. The summed E-state index contributed by atoms with van der Waals surface area (Å²) in [5.74, 6) is -1.97. The highest BCUT2D eigenvalue weighted by Gasteiger charge is 2.17. The number of hydrogen-bond donors (Lipinski definition) is 4. The van der Waals surface area contributed by atoms with Crippen LogP contribution in [-0.2, 0) is 14.4 Å². The molecule has 1 aromatic carbocycles. The highest BCUT2D eigenvalue weighted by Crippen LogP contribution is 2.15. The largest absolute Gasteiger partial charge is 0.481 e. The summed E-state index contributed by atoms with van der Waals surface area (Å²) in [5.41, 5.74) is 6.38. The second-order valence-electron chi connectivity index (χ2n) is 3.96. The van der Waals surface area contributed by atoms with Gasteiger partial charge in [0.2, 0.25) is 11.8 Å². The van der Waals surface area contributed by atoms with E-state index >= 15 is 0 Å². The Morgan fingerprint density at radius 1 is 1.26 bits per heavy atom. The number of carboxylic acids is 1. The van der Waals surface area contributed by atoms with Gasteiger partial charge >= 0.3 is 5.97 Å². The lowest BCUT2D eigenvalue weighted by Gasteiger charge is -2.11. The van der Waals surface area contributed by atoms with Gasteiger partial charge in [-0.3, -0.25) is 14.4 Å². The van der Waals surface area contributed by atoms with Crippen molar-refractivity contribution in [3.63, 3.8) is 0 Å². The maximum absolute atomic E-state index is 11.6. The van der Waals surface area contributed by atoms with Crippen molar-refractivity contribution in [2.45, 2.75) is 19.4 Å². The SMILES string of the molecule is CC(=O)Nc1cccc(NC(=O)C(N)CC(=O)O)c1. The van der Waals surface area contributed by atoms with Crippen LogP contribution in [-0.4, -0.2) is 28.9 Å². The summed E-state index contributed by atoms with van der Waals surface area (Å²) in [4.78, 5) is 32.9. The molecule has 0 heterocycles. The molecule has 1 unspecified atom stereocenters. The van der Waals surface area contributed by atoms with Crippen molar-refractivity contribution in [1.29, 1.82) is 0 Å². The molecule has 19 heavy (non-hydrogen) atoms. The molecule has 0 spiro atoms. The maximum Gasteiger partial charge on any atom is 0.305 e. The summed E-state index contributed by atoms with van der Waals surface area (Å²) in [6.07, 6.45) is -0.447. The first-order valence-corrected chi connectivity index (χ1v) is 5.54. The number of rotatable bonds is 5. The fourth-order valence-corrected chi connectivity index (χ4v) is 1.39. The van der Waals surface area contributed by atoms with Crippen molar-refractivity contribution in [1.82, 2.24) is 0 Å². The molecule has 7 heteroatoms. The van der Waals surface area contributed by atoms with Gasteiger partial charge in [-0.15, -0.1) is 0 Å². The highest BCUT2D eigenvalue weighted by atomic mass is 16.4. The van der Waals surface area contributed by atoms with Gasteiger partial charge in [-0.2, -0.15) is 0 Å². The van der Waals surface area contributed by atoms with Crippen LogP contribution in [0.2, 0.25) is 0 Å². The van der Waals surface area contributed by atoms with Gasteiger partial charge in [0, 0.05) is 18.3 Å². The van der Waals surface area contributed by atoms with Gasteiger partial charge in [0.25, 0.3) is 0 Å². The predicted molar refractivity (Wildman–Crippen MR) is 69.6 cm³/mol. The van der Waals surface area contributed by atoms with E-state index in [1.54, 1.807) is 24.3 Å². The third-order valence-corrected chi connectivity index (χ3v) is 2.18. The number of benzene rings is 1. The van der Waals surface area contributed by atoms with Gasteiger partial charge in [0.1, 0.15) is 0 Å². The Bertz CT molecular complexity index is 502. The standard InChI is InChI=1S/C12H15N3O4/c1-7(16)14-8-3-2-4-9(5-8)15-12(19)10(13)6-11(17)18/h2-5,10H,6,13H2,1H3,(H,14,16)(H,15,19)(H,17,18). The van der Waals surface area contributed by atoms with Gasteiger partial charge in [-0.25, -0.2) is 0 Å². The van der Waals surface area contributed by atoms with Crippen molar-refractivity contribution in [2.24, 2.45) is 5.73 Å². The average Bonchev–Trinajstić information content (AvgIpc) is 2.27. The molecule has 102 valence electrons. The molecule has 7 nitrogen and oxygen atoms in total. The van der Waals surface area contributed by atoms with Crippen molar-refractivity contribution in [2.75, 3.05) is 10.6 Å². The Balaban J connectivity index is 2.68. The molecule has 1 rings (SSSR count). The number of hydrogen-bond acceptors (Lipinski definition) is 4. The van der Waals surface area contributed by atoms with E-state index in [0.29, 0.717) is 11.4 Å². The lowest BCUT2D eigenvalue weighted by molar-refractivity contribution is -0.138. The van der Waals surface area contributed by atoms with Crippen molar-refractivity contribution in [3.8, 4) is 0 Å². The Labute approximate surface area is 109 Å². The molecule has 0 aliphatic heterocycles. The zero-order valence-corrected chi connectivity index (χ0v) is 10.3. The van der Waals surface area contributed by atoms with E-state index < -0.39 is 24.3 Å². The van der Waals surface area contributed by atoms with Crippen molar-refractivity contribution < 1.29 is 19.5 Å². The molecule has 0 saturated heterocycles. The van der Waals surface area contributed by atoms with E-state index in [2.05, 4.69) is 10.6 Å². The van der Waals surface area contributed by atoms with E-state index in [1.807, 2.05) is 0 Å². The Morgan fingerprint density at radius 3 is 2.37 bits per heavy atom. The summed E-state index contributed by atoms with van der Waals surface area (Å²) < 4.78 is 0. The fraction of sp³-hybridized carbons (Fsp3) is 0.250. The molecule has 0 radical (unpaired) electrons. The van der Waals surface area contributed by atoms with Crippen LogP contribution in [0, 0.1) is 0 Å². The van der Waals surface area contributed by atoms with E-state index in [1.165, 1.54) is 6.92 Å². The average molecular weight is 265 g/mol. The molecule has 0 saturated carbocycles. The Morgan fingerprint density at radius 2 is 1.84 bits per heavy atom. The molecular weight excluding hydrogens is 250 g/mol. The Hall–Kier alpha value is -2.41. The van der Waals surface area contributed by atoms with Gasteiger partial charge in [-0.05, 0) is 18.2 Å². The van der Waals surface area contributed by atoms with E-state index in [0.717, 1.165) is 0 Å². The monoisotopic (exact) mass is 265 g/mol. The molecule has 0 bridgehead atoms. The van der Waals surface area contributed by atoms with Crippen LogP contribution >= 0.6 is 0 Å². The molecule has 5 N–H and O–H groups in total. The number of carbonyl (C=O) groups excluding carboxylic acids is 2. The molecule has 2 amide bonds. The number of nitrogens with one attached hydrogen (secondary N) is 2. The fourth-order valence-electron chi connectivity index (χ4n) is 1.39. The summed E-state index contributed by atoms with van der Waals surface area (Å²) in [7, 11) is 0. The van der Waals surface area contributed by atoms with Crippen LogP contribution in [0.4, 0.5) is 11.4 Å². The molecule has 0 aliphatic rings. The lowest BCUT2D eigenvalue weighted by atomic mass is 10.2. The normalized spacial score (nSPS) is 11.5. The third-order valence-electron chi connectivity index (χ3n) is 2.18. The summed E-state index contributed by atoms with van der Waals surface area (Å²) in [5, 5.41) is 13.6. The van der Waals surface area contributed by atoms with Gasteiger partial charge in [0.05, 0.1) is 12.5 Å². The predicted octanol–water partition coefficient (Wildman–Crippen LogP) is 0.385. The summed E-state index contributed by atoms with van der Waals surface area (Å²) >= 11 is 0. The number of carbonyl (C=O) groups is 3. The molecule has 1 atom stereocenters. The highest BCUT2D eigenvalue weighted by molar-refractivity contribution is 5.97. The first-order chi connectivity index (χ1) is 8.88. The number of amides is 2. The smallest absolute Gasteiger partial charge is 0.305 e. The van der Waals surface area contributed by atoms with E-state index in [9.17, 15) is 14.4 Å². The minimum atomic E-state index is -1.14. The second kappa shape index (κ2) is 6.50. The minimum Gasteiger partial charge on any atom is -0.481 e. The van der Waals surface area contributed by atoms with Crippen molar-refractivity contribution >= 4 is 29.2 Å². The van der Waals surface area contributed by atoms with Crippen LogP contribution in [0.1, 0.15) is 13.3 Å². The number of carboxylic acid groups (broad SMARTS) is 1.